The summed E-state index contributed by atoms with van der Waals surface area (Å²) in [6.45, 7) is 0. The van der Waals surface area contributed by atoms with Gasteiger partial charge in [0.25, 0.3) is 5.69 Å². The fourth-order valence-corrected chi connectivity index (χ4v) is 2.00. The first-order valence-corrected chi connectivity index (χ1v) is 5.26. The van der Waals surface area contributed by atoms with Gasteiger partial charge < -0.3 is 5.11 Å². The van der Waals surface area contributed by atoms with E-state index < -0.39 is 10.9 Å². The van der Waals surface area contributed by atoms with Crippen molar-refractivity contribution in [2.45, 2.75) is 0 Å². The molecule has 0 aliphatic rings. The number of aromatic nitrogens is 1. The summed E-state index contributed by atoms with van der Waals surface area (Å²) in [5.41, 5.74) is 0.355. The monoisotopic (exact) mass is 296 g/mol. The number of carboxylic acid groups (broad SMARTS) is 1. The largest absolute Gasteiger partial charge is 0.478 e. The molecule has 0 unspecified atom stereocenters. The molecule has 0 aliphatic heterocycles. The second-order valence-corrected chi connectivity index (χ2v) is 4.04. The Labute approximate surface area is 103 Å². The van der Waals surface area contributed by atoms with Crippen molar-refractivity contribution >= 4 is 38.5 Å². The van der Waals surface area contributed by atoms with Gasteiger partial charge in [0, 0.05) is 28.2 Å². The number of rotatable bonds is 2. The van der Waals surface area contributed by atoms with Crippen LogP contribution in [0, 0.1) is 10.1 Å². The van der Waals surface area contributed by atoms with Gasteiger partial charge in [-0.25, -0.2) is 4.79 Å². The van der Waals surface area contributed by atoms with Crippen LogP contribution in [0.3, 0.4) is 0 Å². The van der Waals surface area contributed by atoms with E-state index in [0.717, 1.165) is 0 Å². The summed E-state index contributed by atoms with van der Waals surface area (Å²) in [5, 5.41) is 19.9. The molecule has 2 rings (SSSR count). The third-order valence-corrected chi connectivity index (χ3v) is 3.08. The summed E-state index contributed by atoms with van der Waals surface area (Å²) in [6, 6.07) is 4.09. The van der Waals surface area contributed by atoms with Crippen LogP contribution < -0.4 is 0 Å². The lowest BCUT2D eigenvalue weighted by atomic mass is 10.1. The fourth-order valence-electron chi connectivity index (χ4n) is 1.41. The summed E-state index contributed by atoms with van der Waals surface area (Å²) in [7, 11) is 0. The zero-order valence-electron chi connectivity index (χ0n) is 8.25. The topological polar surface area (TPSA) is 93.3 Å². The number of nitrogens with zero attached hydrogens (tertiary/aromatic N) is 2. The fraction of sp³-hybridized carbons (Fsp3) is 0. The van der Waals surface area contributed by atoms with Crippen LogP contribution in [0.4, 0.5) is 5.69 Å². The number of hydrogen-bond donors (Lipinski definition) is 1. The van der Waals surface area contributed by atoms with Gasteiger partial charge in [-0.05, 0) is 22.0 Å². The van der Waals surface area contributed by atoms with Crippen molar-refractivity contribution in [3.8, 4) is 0 Å². The quantitative estimate of drug-likeness (QED) is 0.679. The highest BCUT2D eigenvalue weighted by atomic mass is 79.9. The molecule has 0 aliphatic carbocycles. The van der Waals surface area contributed by atoms with E-state index in [2.05, 4.69) is 20.9 Å². The van der Waals surface area contributed by atoms with Crippen LogP contribution >= 0.6 is 15.9 Å². The average Bonchev–Trinajstić information content (AvgIpc) is 2.28. The normalized spacial score (nSPS) is 10.4. The van der Waals surface area contributed by atoms with Gasteiger partial charge in [-0.1, -0.05) is 0 Å². The van der Waals surface area contributed by atoms with Crippen LogP contribution in [0.15, 0.2) is 28.9 Å². The second kappa shape index (κ2) is 4.10. The van der Waals surface area contributed by atoms with Crippen LogP contribution in [0.5, 0.6) is 0 Å². The Bertz CT molecular complexity index is 636. The molecule has 0 radical (unpaired) electrons. The first-order chi connectivity index (χ1) is 8.00. The van der Waals surface area contributed by atoms with Crippen LogP contribution in [0.25, 0.3) is 10.9 Å². The van der Waals surface area contributed by atoms with E-state index in [9.17, 15) is 14.9 Å². The summed E-state index contributed by atoms with van der Waals surface area (Å²) >= 11 is 3.12. The van der Waals surface area contributed by atoms with E-state index in [-0.39, 0.29) is 11.3 Å². The summed E-state index contributed by atoms with van der Waals surface area (Å²) in [5.74, 6) is -1.14. The molecule has 0 fully saturated rings. The minimum absolute atomic E-state index is 0.0296. The third-order valence-electron chi connectivity index (χ3n) is 2.23. The first-order valence-electron chi connectivity index (χ1n) is 4.46. The molecule has 0 saturated heterocycles. The molecular formula is C10H5BrN2O4. The Morgan fingerprint density at radius 1 is 1.47 bits per heavy atom. The Kier molecular flexibility index (Phi) is 2.76. The zero-order chi connectivity index (χ0) is 12.6. The second-order valence-electron chi connectivity index (χ2n) is 3.25. The molecule has 7 heteroatoms. The number of benzene rings is 1. The number of nitro groups is 1. The number of halogens is 1. The van der Waals surface area contributed by atoms with Gasteiger partial charge in [0.2, 0.25) is 0 Å². The SMILES string of the molecule is O=C(O)c1cnc2ccc([N+](=O)[O-])cc2c1Br. The number of non-ortho nitro benzene ring substituents is 1. The number of carboxylic acids is 1. The summed E-state index contributed by atoms with van der Waals surface area (Å²) in [6.07, 6.45) is 1.21. The maximum Gasteiger partial charge on any atom is 0.338 e. The van der Waals surface area contributed by atoms with Crippen LogP contribution in [0.2, 0.25) is 0 Å². The third kappa shape index (κ3) is 1.96. The molecule has 6 nitrogen and oxygen atoms in total. The molecule has 1 N–H and O–H groups in total. The number of aromatic carboxylic acids is 1. The van der Waals surface area contributed by atoms with Crippen LogP contribution in [-0.4, -0.2) is 21.0 Å². The molecule has 1 aromatic carbocycles. The summed E-state index contributed by atoms with van der Waals surface area (Å²) < 4.78 is 0.290. The molecular weight excluding hydrogens is 292 g/mol. The number of nitro benzene ring substituents is 1. The maximum atomic E-state index is 10.9. The maximum absolute atomic E-state index is 10.9. The van der Waals surface area contributed by atoms with Crippen molar-refractivity contribution in [1.82, 2.24) is 4.98 Å². The molecule has 0 bridgehead atoms. The van der Waals surface area contributed by atoms with Crippen molar-refractivity contribution < 1.29 is 14.8 Å². The summed E-state index contributed by atoms with van der Waals surface area (Å²) in [4.78, 5) is 24.9. The van der Waals surface area contributed by atoms with Crippen molar-refractivity contribution in [3.05, 3.63) is 44.5 Å². The van der Waals surface area contributed by atoms with E-state index in [0.29, 0.717) is 15.4 Å². The van der Waals surface area contributed by atoms with E-state index in [1.165, 1.54) is 24.4 Å². The molecule has 0 amide bonds. The Hall–Kier alpha value is -2.02. The van der Waals surface area contributed by atoms with Gasteiger partial charge in [-0.3, -0.25) is 15.1 Å². The molecule has 86 valence electrons. The van der Waals surface area contributed by atoms with Gasteiger partial charge >= 0.3 is 5.97 Å². The number of carbonyl (C=O) groups is 1. The highest BCUT2D eigenvalue weighted by Gasteiger charge is 2.15. The number of fused-ring (bicyclic) bond motifs is 1. The van der Waals surface area contributed by atoms with Crippen molar-refractivity contribution in [2.75, 3.05) is 0 Å². The Morgan fingerprint density at radius 3 is 2.76 bits per heavy atom. The number of pyridine rings is 1. The molecule has 1 heterocycles. The highest BCUT2D eigenvalue weighted by Crippen LogP contribution is 2.29. The van der Waals surface area contributed by atoms with E-state index in [1.807, 2.05) is 0 Å². The lowest BCUT2D eigenvalue weighted by Crippen LogP contribution is -1.99. The molecule has 0 saturated carbocycles. The Balaban J connectivity index is 2.78. The molecule has 0 spiro atoms. The van der Waals surface area contributed by atoms with Crippen molar-refractivity contribution in [3.63, 3.8) is 0 Å². The standard InChI is InChI=1S/C10H5BrN2O4/c11-9-6-3-5(13(16)17)1-2-8(6)12-4-7(9)10(14)15/h1-4H,(H,14,15). The molecule has 0 atom stereocenters. The molecule has 2 aromatic rings. The van der Waals surface area contributed by atoms with Crippen molar-refractivity contribution in [1.29, 1.82) is 0 Å². The number of hydrogen-bond acceptors (Lipinski definition) is 4. The van der Waals surface area contributed by atoms with Crippen molar-refractivity contribution in [2.24, 2.45) is 0 Å². The van der Waals surface area contributed by atoms with E-state index in [4.69, 9.17) is 5.11 Å². The van der Waals surface area contributed by atoms with Crippen LogP contribution in [-0.2, 0) is 0 Å². The lowest BCUT2D eigenvalue weighted by Gasteiger charge is -2.03. The average molecular weight is 297 g/mol. The van der Waals surface area contributed by atoms with Gasteiger partial charge in [0.15, 0.2) is 0 Å². The Morgan fingerprint density at radius 2 is 2.18 bits per heavy atom. The van der Waals surface area contributed by atoms with Gasteiger partial charge in [0.1, 0.15) is 0 Å². The van der Waals surface area contributed by atoms with E-state index in [1.54, 1.807) is 0 Å². The minimum atomic E-state index is -1.14. The predicted octanol–water partition coefficient (Wildman–Crippen LogP) is 2.60. The predicted molar refractivity (Wildman–Crippen MR) is 63.1 cm³/mol. The highest BCUT2D eigenvalue weighted by molar-refractivity contribution is 9.10. The molecule has 1 aromatic heterocycles. The van der Waals surface area contributed by atoms with Crippen LogP contribution in [0.1, 0.15) is 10.4 Å². The van der Waals surface area contributed by atoms with Gasteiger partial charge in [-0.2, -0.15) is 0 Å². The minimum Gasteiger partial charge on any atom is -0.478 e. The smallest absolute Gasteiger partial charge is 0.338 e. The first kappa shape index (κ1) is 11.5. The lowest BCUT2D eigenvalue weighted by molar-refractivity contribution is -0.384. The van der Waals surface area contributed by atoms with E-state index >= 15 is 0 Å². The van der Waals surface area contributed by atoms with Gasteiger partial charge in [-0.15, -0.1) is 0 Å². The van der Waals surface area contributed by atoms with Gasteiger partial charge in [0.05, 0.1) is 16.0 Å². The molecule has 17 heavy (non-hydrogen) atoms. The zero-order valence-corrected chi connectivity index (χ0v) is 9.84.